The average molecular weight is 409 g/mol. The highest BCUT2D eigenvalue weighted by Crippen LogP contribution is 2.35. The molecule has 0 radical (unpaired) electrons. The maximum absolute atomic E-state index is 5.82. The van der Waals surface area contributed by atoms with Gasteiger partial charge in [0.25, 0.3) is 0 Å². The predicted molar refractivity (Wildman–Crippen MR) is 90.4 cm³/mol. The molecule has 20 heavy (non-hydrogen) atoms. The van der Waals surface area contributed by atoms with Crippen molar-refractivity contribution in [2.45, 2.75) is 45.8 Å². The molecule has 114 valence electrons. The van der Waals surface area contributed by atoms with E-state index in [2.05, 4.69) is 31.9 Å². The quantitative estimate of drug-likeness (QED) is 0.713. The van der Waals surface area contributed by atoms with Crippen molar-refractivity contribution in [2.75, 3.05) is 13.2 Å². The van der Waals surface area contributed by atoms with Gasteiger partial charge in [0.05, 0.1) is 21.2 Å². The van der Waals surface area contributed by atoms with E-state index in [9.17, 15) is 0 Å². The maximum atomic E-state index is 5.82. The van der Waals surface area contributed by atoms with Crippen molar-refractivity contribution in [3.63, 3.8) is 0 Å². The SMILES string of the molecule is CC(N)Cc1cc(Br)c(OCCOC(C)(C)C)c(Br)c1. The number of rotatable bonds is 6. The molecule has 3 nitrogen and oxygen atoms in total. The first-order valence-corrected chi connectivity index (χ1v) is 8.28. The van der Waals surface area contributed by atoms with Gasteiger partial charge in [-0.2, -0.15) is 0 Å². The van der Waals surface area contributed by atoms with Gasteiger partial charge in [-0.15, -0.1) is 0 Å². The van der Waals surface area contributed by atoms with Gasteiger partial charge < -0.3 is 15.2 Å². The Morgan fingerprint density at radius 2 is 1.70 bits per heavy atom. The van der Waals surface area contributed by atoms with Crippen LogP contribution in [0.5, 0.6) is 5.75 Å². The zero-order valence-corrected chi connectivity index (χ0v) is 15.7. The Kier molecular flexibility index (Phi) is 6.98. The van der Waals surface area contributed by atoms with Gasteiger partial charge in [0, 0.05) is 6.04 Å². The van der Waals surface area contributed by atoms with Crippen LogP contribution >= 0.6 is 31.9 Å². The molecule has 0 aliphatic heterocycles. The Bertz CT molecular complexity index is 419. The van der Waals surface area contributed by atoms with Crippen molar-refractivity contribution < 1.29 is 9.47 Å². The van der Waals surface area contributed by atoms with Crippen LogP contribution in [-0.4, -0.2) is 24.9 Å². The zero-order chi connectivity index (χ0) is 15.3. The summed E-state index contributed by atoms with van der Waals surface area (Å²) in [6, 6.07) is 4.24. The lowest BCUT2D eigenvalue weighted by Gasteiger charge is -2.20. The standard InChI is InChI=1S/C15H23Br2NO2/c1-10(18)7-11-8-12(16)14(13(17)9-11)19-5-6-20-15(2,3)4/h8-10H,5-7,18H2,1-4H3. The van der Waals surface area contributed by atoms with Crippen molar-refractivity contribution in [1.82, 2.24) is 0 Å². The molecule has 1 unspecified atom stereocenters. The van der Waals surface area contributed by atoms with Gasteiger partial charge in [-0.3, -0.25) is 0 Å². The van der Waals surface area contributed by atoms with E-state index in [1.165, 1.54) is 5.56 Å². The van der Waals surface area contributed by atoms with Crippen LogP contribution in [0.2, 0.25) is 0 Å². The summed E-state index contributed by atoms with van der Waals surface area (Å²) in [4.78, 5) is 0. The molecule has 1 aromatic carbocycles. The Hall–Kier alpha value is -0.100. The summed E-state index contributed by atoms with van der Waals surface area (Å²) in [5, 5.41) is 0. The minimum atomic E-state index is -0.140. The maximum Gasteiger partial charge on any atom is 0.147 e. The Morgan fingerprint density at radius 1 is 1.15 bits per heavy atom. The number of nitrogens with two attached hydrogens (primary N) is 1. The smallest absolute Gasteiger partial charge is 0.147 e. The average Bonchev–Trinajstić information content (AvgIpc) is 2.24. The van der Waals surface area contributed by atoms with Crippen LogP contribution in [0.1, 0.15) is 33.3 Å². The van der Waals surface area contributed by atoms with Crippen LogP contribution < -0.4 is 10.5 Å². The summed E-state index contributed by atoms with van der Waals surface area (Å²) in [6.07, 6.45) is 0.838. The lowest BCUT2D eigenvalue weighted by Crippen LogP contribution is -2.22. The normalized spacial score (nSPS) is 13.3. The molecule has 0 saturated carbocycles. The molecule has 0 aliphatic rings. The van der Waals surface area contributed by atoms with E-state index in [1.807, 2.05) is 39.8 Å². The molecule has 1 atom stereocenters. The summed E-state index contributed by atoms with van der Waals surface area (Å²) < 4.78 is 13.3. The first kappa shape index (κ1) is 18.0. The molecule has 0 aliphatic carbocycles. The molecule has 5 heteroatoms. The lowest BCUT2D eigenvalue weighted by atomic mass is 10.1. The van der Waals surface area contributed by atoms with Gasteiger partial charge in [-0.25, -0.2) is 0 Å². The molecule has 1 aromatic rings. The number of hydrogen-bond acceptors (Lipinski definition) is 3. The van der Waals surface area contributed by atoms with E-state index < -0.39 is 0 Å². The van der Waals surface area contributed by atoms with Crippen LogP contribution in [0.4, 0.5) is 0 Å². The summed E-state index contributed by atoms with van der Waals surface area (Å²) in [5.41, 5.74) is 6.86. The highest BCUT2D eigenvalue weighted by Gasteiger charge is 2.12. The fourth-order valence-corrected chi connectivity index (χ4v) is 3.24. The minimum Gasteiger partial charge on any atom is -0.489 e. The Labute approximate surface area is 138 Å². The summed E-state index contributed by atoms with van der Waals surface area (Å²) in [7, 11) is 0. The van der Waals surface area contributed by atoms with Crippen molar-refractivity contribution in [3.8, 4) is 5.75 Å². The molecular formula is C15H23Br2NO2. The minimum absolute atomic E-state index is 0.140. The third kappa shape index (κ3) is 6.57. The van der Waals surface area contributed by atoms with Crippen LogP contribution in [0.25, 0.3) is 0 Å². The van der Waals surface area contributed by atoms with Crippen LogP contribution in [0.3, 0.4) is 0 Å². The van der Waals surface area contributed by atoms with Crippen LogP contribution in [-0.2, 0) is 11.2 Å². The van der Waals surface area contributed by atoms with E-state index in [4.69, 9.17) is 15.2 Å². The van der Waals surface area contributed by atoms with Gasteiger partial charge in [-0.1, -0.05) is 0 Å². The fraction of sp³-hybridized carbons (Fsp3) is 0.600. The van der Waals surface area contributed by atoms with Crippen molar-refractivity contribution in [3.05, 3.63) is 26.6 Å². The first-order chi connectivity index (χ1) is 9.19. The van der Waals surface area contributed by atoms with Crippen LogP contribution in [0.15, 0.2) is 21.1 Å². The van der Waals surface area contributed by atoms with Crippen molar-refractivity contribution in [1.29, 1.82) is 0 Å². The topological polar surface area (TPSA) is 44.5 Å². The monoisotopic (exact) mass is 407 g/mol. The number of hydrogen-bond donors (Lipinski definition) is 1. The molecule has 0 fully saturated rings. The summed E-state index contributed by atoms with van der Waals surface area (Å²) >= 11 is 7.09. The summed E-state index contributed by atoms with van der Waals surface area (Å²) in [6.45, 7) is 9.16. The second-order valence-corrected chi connectivity index (χ2v) is 7.59. The van der Waals surface area contributed by atoms with E-state index in [0.717, 1.165) is 21.1 Å². The third-order valence-corrected chi connectivity index (χ3v) is 3.66. The molecule has 0 spiro atoms. The predicted octanol–water partition coefficient (Wildman–Crippen LogP) is 4.30. The molecular weight excluding hydrogens is 386 g/mol. The van der Waals surface area contributed by atoms with Gasteiger partial charge in [0.1, 0.15) is 12.4 Å². The lowest BCUT2D eigenvalue weighted by molar-refractivity contribution is -0.0164. The van der Waals surface area contributed by atoms with E-state index >= 15 is 0 Å². The van der Waals surface area contributed by atoms with E-state index in [1.54, 1.807) is 0 Å². The molecule has 2 N–H and O–H groups in total. The van der Waals surface area contributed by atoms with Crippen LogP contribution in [0, 0.1) is 0 Å². The van der Waals surface area contributed by atoms with Crippen molar-refractivity contribution in [2.24, 2.45) is 5.73 Å². The van der Waals surface area contributed by atoms with Gasteiger partial charge in [0.2, 0.25) is 0 Å². The molecule has 0 aromatic heterocycles. The number of benzene rings is 1. The second-order valence-electron chi connectivity index (χ2n) is 5.88. The third-order valence-electron chi connectivity index (χ3n) is 2.48. The fourth-order valence-electron chi connectivity index (χ4n) is 1.73. The van der Waals surface area contributed by atoms with Crippen molar-refractivity contribution >= 4 is 31.9 Å². The number of ether oxygens (including phenoxy) is 2. The molecule has 0 heterocycles. The number of halogens is 2. The Morgan fingerprint density at radius 3 is 2.15 bits per heavy atom. The molecule has 0 amide bonds. The largest absolute Gasteiger partial charge is 0.489 e. The second kappa shape index (κ2) is 7.78. The van der Waals surface area contributed by atoms with Gasteiger partial charge in [0.15, 0.2) is 0 Å². The molecule has 1 rings (SSSR count). The van der Waals surface area contributed by atoms with E-state index in [0.29, 0.717) is 13.2 Å². The highest BCUT2D eigenvalue weighted by atomic mass is 79.9. The highest BCUT2D eigenvalue weighted by molar-refractivity contribution is 9.11. The first-order valence-electron chi connectivity index (χ1n) is 6.69. The summed E-state index contributed by atoms with van der Waals surface area (Å²) in [5.74, 6) is 0.802. The Balaban J connectivity index is 2.62. The van der Waals surface area contributed by atoms with Gasteiger partial charge >= 0.3 is 0 Å². The van der Waals surface area contributed by atoms with Gasteiger partial charge in [-0.05, 0) is 83.7 Å². The molecule has 0 bridgehead atoms. The molecule has 0 saturated heterocycles. The van der Waals surface area contributed by atoms with E-state index in [-0.39, 0.29) is 11.6 Å². The zero-order valence-electron chi connectivity index (χ0n) is 12.5.